The Morgan fingerprint density at radius 1 is 1.23 bits per heavy atom. The lowest BCUT2D eigenvalue weighted by molar-refractivity contribution is -0.384. The fraction of sp³-hybridized carbons (Fsp3) is 0.263. The van der Waals surface area contributed by atoms with Crippen molar-refractivity contribution < 1.29 is 24.0 Å². The van der Waals surface area contributed by atoms with Crippen LogP contribution in [0.25, 0.3) is 0 Å². The molecule has 0 aliphatic rings. The minimum atomic E-state index is -1.09. The quantitative estimate of drug-likeness (QED) is 0.262. The Morgan fingerprint density at radius 3 is 2.52 bits per heavy atom. The lowest BCUT2D eigenvalue weighted by Gasteiger charge is -2.21. The summed E-state index contributed by atoms with van der Waals surface area (Å²) >= 11 is 11.8. The average molecular weight is 469 g/mol. The maximum absolute atomic E-state index is 12.5. The summed E-state index contributed by atoms with van der Waals surface area (Å²) in [6.07, 6.45) is 1.45. The van der Waals surface area contributed by atoms with E-state index in [4.69, 9.17) is 27.9 Å². The fourth-order valence-electron chi connectivity index (χ4n) is 2.41. The number of anilines is 1. The number of benzene rings is 1. The van der Waals surface area contributed by atoms with E-state index in [1.807, 2.05) is 0 Å². The number of halogens is 2. The van der Waals surface area contributed by atoms with Gasteiger partial charge in [0.25, 0.3) is 17.5 Å². The van der Waals surface area contributed by atoms with Crippen LogP contribution in [0.4, 0.5) is 11.4 Å². The summed E-state index contributed by atoms with van der Waals surface area (Å²) in [5.74, 6) is -2.59. The maximum atomic E-state index is 12.5. The van der Waals surface area contributed by atoms with Crippen LogP contribution in [-0.4, -0.2) is 40.3 Å². The van der Waals surface area contributed by atoms with Gasteiger partial charge in [-0.15, -0.1) is 0 Å². The Hall–Kier alpha value is -3.24. The first-order valence-corrected chi connectivity index (χ1v) is 9.67. The number of nitrogens with zero attached hydrogens (tertiary/aromatic N) is 2. The van der Waals surface area contributed by atoms with Crippen molar-refractivity contribution in [1.82, 2.24) is 10.3 Å². The van der Waals surface area contributed by atoms with E-state index in [0.29, 0.717) is 0 Å². The van der Waals surface area contributed by atoms with Gasteiger partial charge >= 0.3 is 5.97 Å². The van der Waals surface area contributed by atoms with Crippen molar-refractivity contribution in [3.63, 3.8) is 0 Å². The predicted octanol–water partition coefficient (Wildman–Crippen LogP) is 3.23. The Bertz CT molecular complexity index is 1010. The van der Waals surface area contributed by atoms with Gasteiger partial charge in [-0.3, -0.25) is 19.7 Å². The largest absolute Gasteiger partial charge is 0.454 e. The number of pyridine rings is 1. The molecule has 0 saturated carbocycles. The molecule has 31 heavy (non-hydrogen) atoms. The summed E-state index contributed by atoms with van der Waals surface area (Å²) in [5, 5.41) is 15.7. The number of non-ortho nitro benzene ring substituents is 1. The molecule has 2 amide bonds. The van der Waals surface area contributed by atoms with Gasteiger partial charge in [-0.2, -0.15) is 0 Å². The summed E-state index contributed by atoms with van der Waals surface area (Å²) in [6, 6.07) is 5.35. The maximum Gasteiger partial charge on any atom is 0.329 e. The van der Waals surface area contributed by atoms with E-state index in [1.165, 1.54) is 18.3 Å². The Kier molecular flexibility index (Phi) is 8.29. The van der Waals surface area contributed by atoms with Crippen molar-refractivity contribution in [2.45, 2.75) is 19.9 Å². The number of amides is 2. The second-order valence-electron chi connectivity index (χ2n) is 6.61. The molecular weight excluding hydrogens is 451 g/mol. The second-order valence-corrected chi connectivity index (χ2v) is 7.38. The molecule has 0 spiro atoms. The molecule has 2 rings (SSSR count). The Balaban J connectivity index is 2.00. The minimum Gasteiger partial charge on any atom is -0.454 e. The Labute approximate surface area is 187 Å². The van der Waals surface area contributed by atoms with Gasteiger partial charge in [0.2, 0.25) is 0 Å². The molecule has 1 atom stereocenters. The van der Waals surface area contributed by atoms with Crippen molar-refractivity contribution >= 4 is 52.4 Å². The molecule has 10 nitrogen and oxygen atoms in total. The van der Waals surface area contributed by atoms with Crippen LogP contribution >= 0.6 is 23.2 Å². The Morgan fingerprint density at radius 2 is 1.94 bits per heavy atom. The number of hydrogen-bond donors (Lipinski definition) is 2. The molecule has 0 saturated heterocycles. The van der Waals surface area contributed by atoms with Crippen LogP contribution in [0.5, 0.6) is 0 Å². The number of carbonyl (C=O) groups excluding carboxylic acids is 3. The summed E-state index contributed by atoms with van der Waals surface area (Å²) in [7, 11) is 0. The highest BCUT2D eigenvalue weighted by Crippen LogP contribution is 2.23. The molecule has 1 aromatic carbocycles. The number of ether oxygens (including phenoxy) is 1. The highest BCUT2D eigenvalue weighted by Gasteiger charge is 2.28. The SMILES string of the molecule is CC(C)C(NC(=O)c1ccc([N+](=O)[O-])cc1Cl)C(=O)OCC(=O)Nc1cccnc1Cl. The van der Waals surface area contributed by atoms with Crippen LogP contribution in [-0.2, 0) is 14.3 Å². The van der Waals surface area contributed by atoms with Crippen LogP contribution in [0, 0.1) is 16.0 Å². The van der Waals surface area contributed by atoms with Gasteiger partial charge in [0.1, 0.15) is 6.04 Å². The van der Waals surface area contributed by atoms with E-state index >= 15 is 0 Å². The third-order valence-corrected chi connectivity index (χ3v) is 4.61. The molecule has 0 radical (unpaired) electrons. The molecule has 2 N–H and O–H groups in total. The monoisotopic (exact) mass is 468 g/mol. The predicted molar refractivity (Wildman–Crippen MR) is 113 cm³/mol. The summed E-state index contributed by atoms with van der Waals surface area (Å²) in [4.78, 5) is 50.9. The highest BCUT2D eigenvalue weighted by atomic mass is 35.5. The van der Waals surface area contributed by atoms with Crippen molar-refractivity contribution in [3.05, 3.63) is 62.4 Å². The number of nitro groups is 1. The van der Waals surface area contributed by atoms with Crippen molar-refractivity contribution in [2.75, 3.05) is 11.9 Å². The van der Waals surface area contributed by atoms with E-state index in [9.17, 15) is 24.5 Å². The second kappa shape index (κ2) is 10.7. The number of aromatic nitrogens is 1. The van der Waals surface area contributed by atoms with Gasteiger partial charge in [-0.05, 0) is 24.1 Å². The van der Waals surface area contributed by atoms with E-state index < -0.39 is 35.4 Å². The first kappa shape index (κ1) is 24.0. The van der Waals surface area contributed by atoms with Crippen LogP contribution in [0.15, 0.2) is 36.5 Å². The molecule has 1 unspecified atom stereocenters. The van der Waals surface area contributed by atoms with E-state index in [1.54, 1.807) is 19.9 Å². The van der Waals surface area contributed by atoms with Gasteiger partial charge in [0.15, 0.2) is 11.8 Å². The summed E-state index contributed by atoms with van der Waals surface area (Å²) < 4.78 is 5.01. The standard InChI is InChI=1S/C19H18Cl2N4O6/c1-10(2)16(24-18(27)12-6-5-11(25(29)30)8-13(12)20)19(28)31-9-15(26)23-14-4-3-7-22-17(14)21/h3-8,10,16H,9H2,1-2H3,(H,23,26)(H,24,27). The van der Waals surface area contributed by atoms with E-state index in [0.717, 1.165) is 12.1 Å². The number of hydrogen-bond acceptors (Lipinski definition) is 7. The van der Waals surface area contributed by atoms with Gasteiger partial charge in [-0.1, -0.05) is 37.0 Å². The zero-order valence-corrected chi connectivity index (χ0v) is 17.9. The molecule has 0 fully saturated rings. The number of carbonyl (C=O) groups is 3. The first-order chi connectivity index (χ1) is 14.6. The molecule has 0 bridgehead atoms. The third kappa shape index (κ3) is 6.63. The molecule has 0 aliphatic carbocycles. The minimum absolute atomic E-state index is 0.0466. The summed E-state index contributed by atoms with van der Waals surface area (Å²) in [5.41, 5.74) is -0.0671. The normalized spacial score (nSPS) is 11.5. The lowest BCUT2D eigenvalue weighted by Crippen LogP contribution is -2.46. The summed E-state index contributed by atoms with van der Waals surface area (Å²) in [6.45, 7) is 2.72. The third-order valence-electron chi connectivity index (χ3n) is 3.99. The average Bonchev–Trinajstić information content (AvgIpc) is 2.71. The number of nitro benzene ring substituents is 1. The van der Waals surface area contributed by atoms with Gasteiger partial charge in [0.05, 0.1) is 21.2 Å². The first-order valence-electron chi connectivity index (χ1n) is 8.92. The van der Waals surface area contributed by atoms with Gasteiger partial charge in [0, 0.05) is 18.3 Å². The van der Waals surface area contributed by atoms with E-state index in [-0.39, 0.29) is 33.0 Å². The molecule has 2 aromatic rings. The van der Waals surface area contributed by atoms with Crippen molar-refractivity contribution in [3.8, 4) is 0 Å². The van der Waals surface area contributed by atoms with Crippen LogP contribution in [0.1, 0.15) is 24.2 Å². The zero-order valence-electron chi connectivity index (χ0n) is 16.4. The molecule has 164 valence electrons. The molecule has 12 heteroatoms. The fourth-order valence-corrected chi connectivity index (χ4v) is 2.84. The zero-order chi connectivity index (χ0) is 23.1. The molecule has 1 aromatic heterocycles. The highest BCUT2D eigenvalue weighted by molar-refractivity contribution is 6.34. The van der Waals surface area contributed by atoms with Crippen LogP contribution < -0.4 is 10.6 Å². The topological polar surface area (TPSA) is 141 Å². The van der Waals surface area contributed by atoms with E-state index in [2.05, 4.69) is 15.6 Å². The molecule has 0 aliphatic heterocycles. The molecular formula is C19H18Cl2N4O6. The van der Waals surface area contributed by atoms with Crippen molar-refractivity contribution in [2.24, 2.45) is 5.92 Å². The number of rotatable bonds is 8. The van der Waals surface area contributed by atoms with Crippen LogP contribution in [0.2, 0.25) is 10.2 Å². The van der Waals surface area contributed by atoms with Crippen molar-refractivity contribution in [1.29, 1.82) is 0 Å². The van der Waals surface area contributed by atoms with Crippen LogP contribution in [0.3, 0.4) is 0 Å². The smallest absolute Gasteiger partial charge is 0.329 e. The van der Waals surface area contributed by atoms with Gasteiger partial charge < -0.3 is 15.4 Å². The van der Waals surface area contributed by atoms with Gasteiger partial charge in [-0.25, -0.2) is 9.78 Å². The molecule has 1 heterocycles. The number of nitrogens with one attached hydrogen (secondary N) is 2. The lowest BCUT2D eigenvalue weighted by atomic mass is 10.0. The number of esters is 1.